The second kappa shape index (κ2) is 5.42. The van der Waals surface area contributed by atoms with Crippen molar-refractivity contribution >= 4 is 0 Å². The van der Waals surface area contributed by atoms with Crippen molar-refractivity contribution in [3.05, 3.63) is 65.5 Å². The second-order valence-electron chi connectivity index (χ2n) is 3.89. The molecule has 0 aliphatic heterocycles. The van der Waals surface area contributed by atoms with E-state index >= 15 is 0 Å². The summed E-state index contributed by atoms with van der Waals surface area (Å²) < 4.78 is 0. The van der Waals surface area contributed by atoms with Gasteiger partial charge in [0.25, 0.3) is 0 Å². The standard InChI is InChI=1S/C14H16N2/c1-12-9-14(7-8-16-12)11-15-10-13-5-3-2-4-6-13/h2-9,15H,10-11H2,1H3. The Kier molecular flexibility index (Phi) is 3.67. The number of hydrogen-bond donors (Lipinski definition) is 1. The average Bonchev–Trinajstić information content (AvgIpc) is 2.30. The molecule has 82 valence electrons. The highest BCUT2D eigenvalue weighted by Gasteiger charge is 1.94. The molecule has 1 N–H and O–H groups in total. The summed E-state index contributed by atoms with van der Waals surface area (Å²) in [5.74, 6) is 0. The van der Waals surface area contributed by atoms with Gasteiger partial charge >= 0.3 is 0 Å². The predicted octanol–water partition coefficient (Wildman–Crippen LogP) is 2.68. The average molecular weight is 212 g/mol. The molecule has 2 aromatic rings. The van der Waals surface area contributed by atoms with Gasteiger partial charge in [-0.25, -0.2) is 0 Å². The lowest BCUT2D eigenvalue weighted by Gasteiger charge is -2.05. The number of hydrogen-bond acceptors (Lipinski definition) is 2. The Morgan fingerprint density at radius 2 is 1.75 bits per heavy atom. The fraction of sp³-hybridized carbons (Fsp3) is 0.214. The Labute approximate surface area is 96.4 Å². The molecular formula is C14H16N2. The first-order valence-corrected chi connectivity index (χ1v) is 5.51. The van der Waals surface area contributed by atoms with Crippen LogP contribution in [0.5, 0.6) is 0 Å². The smallest absolute Gasteiger partial charge is 0.0375 e. The zero-order chi connectivity index (χ0) is 11.2. The molecule has 1 heterocycles. The van der Waals surface area contributed by atoms with Crippen LogP contribution in [0.15, 0.2) is 48.7 Å². The maximum atomic E-state index is 4.18. The van der Waals surface area contributed by atoms with Gasteiger partial charge in [-0.1, -0.05) is 30.3 Å². The molecule has 0 atom stereocenters. The van der Waals surface area contributed by atoms with Gasteiger partial charge in [-0.2, -0.15) is 0 Å². The molecule has 2 heteroatoms. The van der Waals surface area contributed by atoms with Crippen molar-refractivity contribution in [3.63, 3.8) is 0 Å². The minimum Gasteiger partial charge on any atom is -0.309 e. The van der Waals surface area contributed by atoms with Gasteiger partial charge in [0.2, 0.25) is 0 Å². The van der Waals surface area contributed by atoms with Crippen molar-refractivity contribution in [3.8, 4) is 0 Å². The molecule has 0 unspecified atom stereocenters. The number of nitrogens with zero attached hydrogens (tertiary/aromatic N) is 1. The number of pyridine rings is 1. The van der Waals surface area contributed by atoms with E-state index in [0.29, 0.717) is 0 Å². The first kappa shape index (κ1) is 10.8. The zero-order valence-electron chi connectivity index (χ0n) is 9.48. The third-order valence-corrected chi connectivity index (χ3v) is 2.46. The van der Waals surface area contributed by atoms with E-state index in [-0.39, 0.29) is 0 Å². The van der Waals surface area contributed by atoms with Gasteiger partial charge in [-0.05, 0) is 30.2 Å². The van der Waals surface area contributed by atoms with Crippen LogP contribution >= 0.6 is 0 Å². The molecule has 0 amide bonds. The molecule has 0 fully saturated rings. The van der Waals surface area contributed by atoms with Crippen LogP contribution in [0, 0.1) is 6.92 Å². The fourth-order valence-corrected chi connectivity index (χ4v) is 1.66. The number of rotatable bonds is 4. The zero-order valence-corrected chi connectivity index (χ0v) is 9.48. The van der Waals surface area contributed by atoms with Gasteiger partial charge in [0.15, 0.2) is 0 Å². The minimum absolute atomic E-state index is 0.887. The number of nitrogens with one attached hydrogen (secondary N) is 1. The SMILES string of the molecule is Cc1cc(CNCc2ccccc2)ccn1. The topological polar surface area (TPSA) is 24.9 Å². The summed E-state index contributed by atoms with van der Waals surface area (Å²) in [5.41, 5.74) is 3.66. The Morgan fingerprint density at radius 1 is 1.00 bits per heavy atom. The molecule has 16 heavy (non-hydrogen) atoms. The third kappa shape index (κ3) is 3.17. The molecule has 2 rings (SSSR count). The number of benzene rings is 1. The monoisotopic (exact) mass is 212 g/mol. The highest BCUT2D eigenvalue weighted by Crippen LogP contribution is 2.02. The molecule has 2 nitrogen and oxygen atoms in total. The summed E-state index contributed by atoms with van der Waals surface area (Å²) in [6, 6.07) is 14.6. The lowest BCUT2D eigenvalue weighted by Crippen LogP contribution is -2.12. The molecule has 0 radical (unpaired) electrons. The van der Waals surface area contributed by atoms with E-state index < -0.39 is 0 Å². The maximum Gasteiger partial charge on any atom is 0.0375 e. The molecular weight excluding hydrogens is 196 g/mol. The highest BCUT2D eigenvalue weighted by atomic mass is 14.8. The largest absolute Gasteiger partial charge is 0.309 e. The molecule has 0 aliphatic rings. The summed E-state index contributed by atoms with van der Waals surface area (Å²) >= 11 is 0. The molecule has 0 saturated heterocycles. The number of aryl methyl sites for hydroxylation is 1. The van der Waals surface area contributed by atoms with Crippen LogP contribution in [0.25, 0.3) is 0 Å². The van der Waals surface area contributed by atoms with Crippen LogP contribution < -0.4 is 5.32 Å². The van der Waals surface area contributed by atoms with E-state index in [1.165, 1.54) is 11.1 Å². The Balaban J connectivity index is 1.85. The normalized spacial score (nSPS) is 10.3. The molecule has 1 aromatic heterocycles. The van der Waals surface area contributed by atoms with Gasteiger partial charge in [-0.15, -0.1) is 0 Å². The van der Waals surface area contributed by atoms with Gasteiger partial charge in [-0.3, -0.25) is 4.98 Å². The van der Waals surface area contributed by atoms with Crippen LogP contribution in [0.2, 0.25) is 0 Å². The summed E-state index contributed by atoms with van der Waals surface area (Å²) in [4.78, 5) is 4.18. The van der Waals surface area contributed by atoms with Gasteiger partial charge < -0.3 is 5.32 Å². The highest BCUT2D eigenvalue weighted by molar-refractivity contribution is 5.17. The van der Waals surface area contributed by atoms with E-state index in [9.17, 15) is 0 Å². The Morgan fingerprint density at radius 3 is 2.50 bits per heavy atom. The molecule has 0 saturated carbocycles. The second-order valence-corrected chi connectivity index (χ2v) is 3.89. The Hall–Kier alpha value is -1.67. The van der Waals surface area contributed by atoms with Crippen LogP contribution in [-0.2, 0) is 13.1 Å². The molecule has 0 aliphatic carbocycles. The first-order chi connectivity index (χ1) is 7.84. The van der Waals surface area contributed by atoms with Crippen molar-refractivity contribution in [2.24, 2.45) is 0 Å². The van der Waals surface area contributed by atoms with Crippen LogP contribution in [0.4, 0.5) is 0 Å². The quantitative estimate of drug-likeness (QED) is 0.842. The van der Waals surface area contributed by atoms with E-state index in [2.05, 4.69) is 40.6 Å². The first-order valence-electron chi connectivity index (χ1n) is 5.51. The van der Waals surface area contributed by atoms with E-state index in [4.69, 9.17) is 0 Å². The molecule has 0 spiro atoms. The van der Waals surface area contributed by atoms with Crippen LogP contribution in [0.3, 0.4) is 0 Å². The van der Waals surface area contributed by atoms with Crippen molar-refractivity contribution < 1.29 is 0 Å². The van der Waals surface area contributed by atoms with Crippen molar-refractivity contribution in [1.82, 2.24) is 10.3 Å². The molecule has 0 bridgehead atoms. The summed E-state index contributed by atoms with van der Waals surface area (Å²) in [6.07, 6.45) is 1.86. The minimum atomic E-state index is 0.887. The summed E-state index contributed by atoms with van der Waals surface area (Å²) in [7, 11) is 0. The van der Waals surface area contributed by atoms with Gasteiger partial charge in [0.05, 0.1) is 0 Å². The summed E-state index contributed by atoms with van der Waals surface area (Å²) in [5, 5.41) is 3.42. The van der Waals surface area contributed by atoms with E-state index in [0.717, 1.165) is 18.8 Å². The number of aromatic nitrogens is 1. The molecule has 1 aromatic carbocycles. The lowest BCUT2D eigenvalue weighted by atomic mass is 10.2. The fourth-order valence-electron chi connectivity index (χ4n) is 1.66. The van der Waals surface area contributed by atoms with Crippen molar-refractivity contribution in [2.45, 2.75) is 20.0 Å². The predicted molar refractivity (Wildman–Crippen MR) is 66.0 cm³/mol. The van der Waals surface area contributed by atoms with E-state index in [1.807, 2.05) is 25.3 Å². The third-order valence-electron chi connectivity index (χ3n) is 2.46. The van der Waals surface area contributed by atoms with Crippen LogP contribution in [0.1, 0.15) is 16.8 Å². The van der Waals surface area contributed by atoms with Gasteiger partial charge in [0, 0.05) is 25.0 Å². The Bertz CT molecular complexity index is 437. The maximum absolute atomic E-state index is 4.18. The summed E-state index contributed by atoms with van der Waals surface area (Å²) in [6.45, 7) is 3.81. The van der Waals surface area contributed by atoms with E-state index in [1.54, 1.807) is 0 Å². The van der Waals surface area contributed by atoms with Gasteiger partial charge in [0.1, 0.15) is 0 Å². The lowest BCUT2D eigenvalue weighted by molar-refractivity contribution is 0.692. The van der Waals surface area contributed by atoms with Crippen LogP contribution in [-0.4, -0.2) is 4.98 Å². The van der Waals surface area contributed by atoms with Crippen molar-refractivity contribution in [2.75, 3.05) is 0 Å². The van der Waals surface area contributed by atoms with Crippen molar-refractivity contribution in [1.29, 1.82) is 0 Å².